The molecule has 0 aliphatic rings. The Balaban J connectivity index is 1.93. The van der Waals surface area contributed by atoms with Crippen molar-refractivity contribution in [3.63, 3.8) is 0 Å². The van der Waals surface area contributed by atoms with E-state index in [-0.39, 0.29) is 5.91 Å². The Morgan fingerprint density at radius 3 is 2.74 bits per heavy atom. The largest absolute Gasteiger partial charge is 0.497 e. The number of amides is 1. The van der Waals surface area contributed by atoms with E-state index in [0.29, 0.717) is 23.0 Å². The molecule has 1 heterocycles. The standard InChI is InChI=1S/C18H23N3O2/c1-13(2)9-10-19-15-7-8-17(20-12-15)21-18(22)14-5-4-6-16(11-14)23-3/h4-8,11-13,19H,9-10H2,1-3H3,(H,20,21,22). The zero-order valence-corrected chi connectivity index (χ0v) is 13.8. The van der Waals surface area contributed by atoms with Gasteiger partial charge < -0.3 is 15.4 Å². The third-order valence-corrected chi connectivity index (χ3v) is 3.39. The van der Waals surface area contributed by atoms with E-state index in [9.17, 15) is 4.79 Å². The number of carbonyl (C=O) groups excluding carboxylic acids is 1. The van der Waals surface area contributed by atoms with Crippen molar-refractivity contribution >= 4 is 17.4 Å². The average Bonchev–Trinajstić information content (AvgIpc) is 2.56. The van der Waals surface area contributed by atoms with Crippen molar-refractivity contribution in [3.8, 4) is 5.75 Å². The molecule has 0 radical (unpaired) electrons. The molecule has 1 aromatic heterocycles. The van der Waals surface area contributed by atoms with Crippen molar-refractivity contribution in [2.24, 2.45) is 5.92 Å². The maximum atomic E-state index is 12.2. The number of rotatable bonds is 7. The molecule has 5 nitrogen and oxygen atoms in total. The van der Waals surface area contributed by atoms with Crippen LogP contribution in [0.1, 0.15) is 30.6 Å². The summed E-state index contributed by atoms with van der Waals surface area (Å²) in [5, 5.41) is 6.09. The molecule has 0 saturated heterocycles. The first-order valence-corrected chi connectivity index (χ1v) is 7.74. The van der Waals surface area contributed by atoms with Gasteiger partial charge in [-0.1, -0.05) is 19.9 Å². The second kappa shape index (κ2) is 8.17. The molecule has 1 amide bonds. The van der Waals surface area contributed by atoms with Crippen molar-refractivity contribution < 1.29 is 9.53 Å². The Kier molecular flexibility index (Phi) is 5.97. The maximum absolute atomic E-state index is 12.2. The minimum atomic E-state index is -0.211. The van der Waals surface area contributed by atoms with E-state index in [4.69, 9.17) is 4.74 Å². The first-order valence-electron chi connectivity index (χ1n) is 7.74. The number of nitrogens with one attached hydrogen (secondary N) is 2. The molecule has 0 bridgehead atoms. The fourth-order valence-electron chi connectivity index (χ4n) is 2.03. The smallest absolute Gasteiger partial charge is 0.256 e. The lowest BCUT2D eigenvalue weighted by Crippen LogP contribution is -2.13. The van der Waals surface area contributed by atoms with Crippen LogP contribution in [0.25, 0.3) is 0 Å². The Morgan fingerprint density at radius 1 is 1.26 bits per heavy atom. The molecular formula is C18H23N3O2. The van der Waals surface area contributed by atoms with Crippen molar-refractivity contribution in [1.82, 2.24) is 4.98 Å². The second-order valence-corrected chi connectivity index (χ2v) is 5.73. The van der Waals surface area contributed by atoms with Crippen LogP contribution in [-0.2, 0) is 0 Å². The van der Waals surface area contributed by atoms with Gasteiger partial charge in [0.25, 0.3) is 5.91 Å². The number of ether oxygens (including phenoxy) is 1. The molecule has 2 aromatic rings. The van der Waals surface area contributed by atoms with Crippen molar-refractivity contribution in [1.29, 1.82) is 0 Å². The van der Waals surface area contributed by atoms with Crippen LogP contribution in [0.4, 0.5) is 11.5 Å². The second-order valence-electron chi connectivity index (χ2n) is 5.73. The average molecular weight is 313 g/mol. The number of aromatic nitrogens is 1. The molecule has 0 fully saturated rings. The van der Waals surface area contributed by atoms with Gasteiger partial charge in [-0.3, -0.25) is 4.79 Å². The topological polar surface area (TPSA) is 63.2 Å². The molecule has 1 aromatic carbocycles. The number of methoxy groups -OCH3 is 1. The summed E-state index contributed by atoms with van der Waals surface area (Å²) in [5.41, 5.74) is 1.48. The highest BCUT2D eigenvalue weighted by molar-refractivity contribution is 6.04. The number of benzene rings is 1. The highest BCUT2D eigenvalue weighted by atomic mass is 16.5. The normalized spacial score (nSPS) is 10.4. The summed E-state index contributed by atoms with van der Waals surface area (Å²) in [6.45, 7) is 5.29. The van der Waals surface area contributed by atoms with E-state index in [2.05, 4.69) is 29.5 Å². The molecule has 0 aliphatic heterocycles. The molecule has 0 aliphatic carbocycles. The van der Waals surface area contributed by atoms with E-state index >= 15 is 0 Å². The van der Waals surface area contributed by atoms with Gasteiger partial charge >= 0.3 is 0 Å². The van der Waals surface area contributed by atoms with Crippen LogP contribution in [0.15, 0.2) is 42.6 Å². The summed E-state index contributed by atoms with van der Waals surface area (Å²) in [7, 11) is 1.57. The number of nitrogens with zero attached hydrogens (tertiary/aromatic N) is 1. The van der Waals surface area contributed by atoms with E-state index in [1.165, 1.54) is 0 Å². The number of carbonyl (C=O) groups is 1. The highest BCUT2D eigenvalue weighted by Crippen LogP contribution is 2.15. The Bertz CT molecular complexity index is 639. The summed E-state index contributed by atoms with van der Waals surface area (Å²) in [5.74, 6) is 1.62. The quantitative estimate of drug-likeness (QED) is 0.816. The minimum absolute atomic E-state index is 0.211. The number of hydrogen-bond donors (Lipinski definition) is 2. The van der Waals surface area contributed by atoms with Gasteiger partial charge in [0.1, 0.15) is 11.6 Å². The summed E-state index contributed by atoms with van der Waals surface area (Å²) in [4.78, 5) is 16.5. The summed E-state index contributed by atoms with van der Waals surface area (Å²) in [6.07, 6.45) is 2.83. The molecule has 2 rings (SSSR count). The third kappa shape index (κ3) is 5.29. The van der Waals surface area contributed by atoms with Crippen LogP contribution in [0.2, 0.25) is 0 Å². The third-order valence-electron chi connectivity index (χ3n) is 3.39. The van der Waals surface area contributed by atoms with Crippen LogP contribution in [0.3, 0.4) is 0 Å². The molecule has 2 N–H and O–H groups in total. The first-order chi connectivity index (χ1) is 11.1. The fraction of sp³-hybridized carbons (Fsp3) is 0.333. The first kappa shape index (κ1) is 16.8. The highest BCUT2D eigenvalue weighted by Gasteiger charge is 2.07. The van der Waals surface area contributed by atoms with Crippen LogP contribution in [0.5, 0.6) is 5.75 Å². The molecular weight excluding hydrogens is 290 g/mol. The van der Waals surface area contributed by atoms with Crippen molar-refractivity contribution in [2.75, 3.05) is 24.3 Å². The predicted octanol–water partition coefficient (Wildman–Crippen LogP) is 3.80. The van der Waals surface area contributed by atoms with Crippen LogP contribution in [0, 0.1) is 5.92 Å². The molecule has 0 atom stereocenters. The number of pyridine rings is 1. The van der Waals surface area contributed by atoms with Gasteiger partial charge in [0.05, 0.1) is 19.0 Å². The van der Waals surface area contributed by atoms with Gasteiger partial charge in [0.2, 0.25) is 0 Å². The van der Waals surface area contributed by atoms with Gasteiger partial charge in [-0.25, -0.2) is 4.98 Å². The van der Waals surface area contributed by atoms with E-state index in [1.54, 1.807) is 43.6 Å². The Morgan fingerprint density at radius 2 is 2.09 bits per heavy atom. The SMILES string of the molecule is COc1cccc(C(=O)Nc2ccc(NCCC(C)C)cn2)c1. The molecule has 23 heavy (non-hydrogen) atoms. The zero-order chi connectivity index (χ0) is 16.7. The summed E-state index contributed by atoms with van der Waals surface area (Å²) in [6, 6.07) is 10.7. The van der Waals surface area contributed by atoms with Crippen molar-refractivity contribution in [3.05, 3.63) is 48.2 Å². The number of hydrogen-bond acceptors (Lipinski definition) is 4. The van der Waals surface area contributed by atoms with E-state index in [0.717, 1.165) is 18.7 Å². The summed E-state index contributed by atoms with van der Waals surface area (Å²) >= 11 is 0. The lowest BCUT2D eigenvalue weighted by Gasteiger charge is -2.09. The lowest BCUT2D eigenvalue weighted by atomic mass is 10.1. The molecule has 0 spiro atoms. The maximum Gasteiger partial charge on any atom is 0.256 e. The van der Waals surface area contributed by atoms with Gasteiger partial charge in [0, 0.05) is 12.1 Å². The lowest BCUT2D eigenvalue weighted by molar-refractivity contribution is 0.102. The monoisotopic (exact) mass is 313 g/mol. The summed E-state index contributed by atoms with van der Waals surface area (Å²) < 4.78 is 5.12. The Labute approximate surface area is 137 Å². The van der Waals surface area contributed by atoms with Crippen molar-refractivity contribution in [2.45, 2.75) is 20.3 Å². The molecule has 0 unspecified atom stereocenters. The fourth-order valence-corrected chi connectivity index (χ4v) is 2.03. The van der Waals surface area contributed by atoms with Crippen LogP contribution in [-0.4, -0.2) is 24.5 Å². The number of anilines is 2. The van der Waals surface area contributed by atoms with Gasteiger partial charge in [-0.2, -0.15) is 0 Å². The van der Waals surface area contributed by atoms with Gasteiger partial charge in [-0.15, -0.1) is 0 Å². The Hall–Kier alpha value is -2.56. The predicted molar refractivity (Wildman–Crippen MR) is 93.1 cm³/mol. The van der Waals surface area contributed by atoms with Gasteiger partial charge in [0.15, 0.2) is 0 Å². The van der Waals surface area contributed by atoms with Crippen LogP contribution < -0.4 is 15.4 Å². The molecule has 122 valence electrons. The van der Waals surface area contributed by atoms with E-state index < -0.39 is 0 Å². The van der Waals surface area contributed by atoms with Crippen LogP contribution >= 0.6 is 0 Å². The zero-order valence-electron chi connectivity index (χ0n) is 13.8. The van der Waals surface area contributed by atoms with Gasteiger partial charge in [-0.05, 0) is 42.7 Å². The van der Waals surface area contributed by atoms with E-state index in [1.807, 2.05) is 6.07 Å². The minimum Gasteiger partial charge on any atom is -0.497 e. The molecule has 0 saturated carbocycles. The molecule has 5 heteroatoms.